The van der Waals surface area contributed by atoms with Gasteiger partial charge in [-0.15, -0.1) is 0 Å². The van der Waals surface area contributed by atoms with Gasteiger partial charge in [-0.3, -0.25) is 0 Å². The number of piperidine rings is 1. The van der Waals surface area contributed by atoms with Crippen LogP contribution in [0.4, 0.5) is 18.0 Å². The minimum Gasteiger partial charge on any atom is -0.469 e. The number of ether oxygens (including phenoxy) is 1. The van der Waals surface area contributed by atoms with Crippen molar-refractivity contribution < 1.29 is 27.1 Å². The van der Waals surface area contributed by atoms with Crippen LogP contribution in [-0.2, 0) is 11.2 Å². The Labute approximate surface area is 138 Å². The molecule has 2 amide bonds. The number of furan rings is 1. The molecule has 2 aliphatic rings. The fourth-order valence-corrected chi connectivity index (χ4v) is 3.55. The number of hydrogen-bond acceptors (Lipinski definition) is 3. The summed E-state index contributed by atoms with van der Waals surface area (Å²) in [7, 11) is 1.08. The molecule has 1 atom stereocenters. The van der Waals surface area contributed by atoms with E-state index in [1.165, 1.54) is 4.90 Å². The summed E-state index contributed by atoms with van der Waals surface area (Å²) in [5.74, 6) is 0.876. The summed E-state index contributed by atoms with van der Waals surface area (Å²) in [5.41, 5.74) is -1.18. The Balaban J connectivity index is 1.61. The number of nitrogens with one attached hydrogen (secondary N) is 1. The van der Waals surface area contributed by atoms with E-state index in [2.05, 4.69) is 5.32 Å². The number of methoxy groups -OCH3 is 1. The highest BCUT2D eigenvalue weighted by Gasteiger charge is 2.56. The average molecular weight is 346 g/mol. The third kappa shape index (κ3) is 2.99. The van der Waals surface area contributed by atoms with Crippen LogP contribution in [-0.4, -0.2) is 42.9 Å². The number of carbonyl (C=O) groups excluding carboxylic acids is 1. The SMILES string of the molecule is COC1(C(F)(F)F)CCN(C(=O)NC2CCCc3occc32)CC1. The molecular weight excluding hydrogens is 325 g/mol. The molecule has 2 heterocycles. The Morgan fingerprint density at radius 3 is 2.75 bits per heavy atom. The zero-order valence-corrected chi connectivity index (χ0v) is 13.5. The van der Waals surface area contributed by atoms with Gasteiger partial charge in [-0.2, -0.15) is 13.2 Å². The number of fused-ring (bicyclic) bond motifs is 1. The minimum absolute atomic E-state index is 0.0180. The van der Waals surface area contributed by atoms with Crippen LogP contribution in [0.1, 0.15) is 43.0 Å². The third-order valence-electron chi connectivity index (χ3n) is 5.12. The minimum atomic E-state index is -4.43. The van der Waals surface area contributed by atoms with Crippen LogP contribution in [0.25, 0.3) is 0 Å². The van der Waals surface area contributed by atoms with Crippen molar-refractivity contribution in [3.63, 3.8) is 0 Å². The number of halogens is 3. The summed E-state index contributed by atoms with van der Waals surface area (Å²) in [6.45, 7) is 0.0360. The van der Waals surface area contributed by atoms with Gasteiger partial charge in [-0.25, -0.2) is 4.79 Å². The number of carbonyl (C=O) groups is 1. The van der Waals surface area contributed by atoms with Gasteiger partial charge in [0, 0.05) is 45.0 Å². The topological polar surface area (TPSA) is 54.7 Å². The molecular formula is C16H21F3N2O3. The number of alkyl halides is 3. The number of nitrogens with zero attached hydrogens (tertiary/aromatic N) is 1. The molecule has 5 nitrogen and oxygen atoms in total. The molecule has 24 heavy (non-hydrogen) atoms. The highest BCUT2D eigenvalue weighted by molar-refractivity contribution is 5.75. The van der Waals surface area contributed by atoms with Gasteiger partial charge < -0.3 is 19.4 Å². The van der Waals surface area contributed by atoms with Crippen molar-refractivity contribution in [3.05, 3.63) is 23.7 Å². The number of likely N-dealkylation sites (tertiary alicyclic amines) is 1. The van der Waals surface area contributed by atoms with Gasteiger partial charge in [0.1, 0.15) is 5.76 Å². The zero-order valence-electron chi connectivity index (χ0n) is 13.5. The van der Waals surface area contributed by atoms with Crippen LogP contribution in [0, 0.1) is 0 Å². The molecule has 1 aromatic rings. The predicted octanol–water partition coefficient (Wildman–Crippen LogP) is 3.41. The fraction of sp³-hybridized carbons (Fsp3) is 0.688. The first-order chi connectivity index (χ1) is 11.4. The molecule has 1 aliphatic carbocycles. The molecule has 134 valence electrons. The van der Waals surface area contributed by atoms with Gasteiger partial charge in [0.15, 0.2) is 5.60 Å². The highest BCUT2D eigenvalue weighted by atomic mass is 19.4. The summed E-state index contributed by atoms with van der Waals surface area (Å²) in [6.07, 6.45) is -0.765. The quantitative estimate of drug-likeness (QED) is 0.893. The van der Waals surface area contributed by atoms with E-state index < -0.39 is 11.8 Å². The standard InChI is InChI=1S/C16H21F3N2O3/c1-23-15(16(17,18)19)6-8-21(9-7-15)14(22)20-12-3-2-4-13-11(12)5-10-24-13/h5,10,12H,2-4,6-9H2,1H3,(H,20,22). The second-order valence-electron chi connectivity index (χ2n) is 6.38. The number of urea groups is 1. The van der Waals surface area contributed by atoms with Gasteiger partial charge in [0.05, 0.1) is 12.3 Å². The second kappa shape index (κ2) is 6.31. The summed E-state index contributed by atoms with van der Waals surface area (Å²) < 4.78 is 49.7. The number of amides is 2. The molecule has 8 heteroatoms. The van der Waals surface area contributed by atoms with Crippen molar-refractivity contribution in [2.24, 2.45) is 0 Å². The second-order valence-corrected chi connectivity index (χ2v) is 6.38. The van der Waals surface area contributed by atoms with Crippen molar-refractivity contribution in [3.8, 4) is 0 Å². The van der Waals surface area contributed by atoms with Gasteiger partial charge in [-0.1, -0.05) is 0 Å². The Hall–Kier alpha value is -1.70. The Morgan fingerprint density at radius 1 is 1.42 bits per heavy atom. The molecule has 0 spiro atoms. The third-order valence-corrected chi connectivity index (χ3v) is 5.12. The maximum atomic E-state index is 13.2. The van der Waals surface area contributed by atoms with E-state index in [-0.39, 0.29) is 38.0 Å². The van der Waals surface area contributed by atoms with E-state index in [0.29, 0.717) is 0 Å². The maximum absolute atomic E-state index is 13.2. The lowest BCUT2D eigenvalue weighted by molar-refractivity contribution is -0.281. The van der Waals surface area contributed by atoms with Crippen LogP contribution in [0.15, 0.2) is 16.7 Å². The van der Waals surface area contributed by atoms with Crippen LogP contribution >= 0.6 is 0 Å². The number of aryl methyl sites for hydroxylation is 1. The normalized spacial score (nSPS) is 23.7. The average Bonchev–Trinajstić information content (AvgIpc) is 3.03. The first-order valence-electron chi connectivity index (χ1n) is 8.10. The van der Waals surface area contributed by atoms with Crippen LogP contribution in [0.3, 0.4) is 0 Å². The Bertz CT molecular complexity index is 592. The van der Waals surface area contributed by atoms with Gasteiger partial charge in [0.2, 0.25) is 0 Å². The molecule has 1 saturated heterocycles. The lowest BCUT2D eigenvalue weighted by Gasteiger charge is -2.42. The summed E-state index contributed by atoms with van der Waals surface area (Å²) in [6, 6.07) is 1.37. The van der Waals surface area contributed by atoms with Crippen molar-refractivity contribution in [1.82, 2.24) is 10.2 Å². The van der Waals surface area contributed by atoms with Crippen LogP contribution < -0.4 is 5.32 Å². The number of hydrogen-bond donors (Lipinski definition) is 1. The molecule has 0 saturated carbocycles. The maximum Gasteiger partial charge on any atom is 0.417 e. The first-order valence-corrected chi connectivity index (χ1v) is 8.10. The summed E-state index contributed by atoms with van der Waals surface area (Å²) in [4.78, 5) is 13.8. The molecule has 0 bridgehead atoms. The van der Waals surface area contributed by atoms with E-state index >= 15 is 0 Å². The largest absolute Gasteiger partial charge is 0.469 e. The van der Waals surface area contributed by atoms with Crippen molar-refractivity contribution in [2.75, 3.05) is 20.2 Å². The van der Waals surface area contributed by atoms with Crippen LogP contribution in [0.2, 0.25) is 0 Å². The zero-order chi connectivity index (χ0) is 17.4. The van der Waals surface area contributed by atoms with Crippen molar-refractivity contribution in [1.29, 1.82) is 0 Å². The monoisotopic (exact) mass is 346 g/mol. The Morgan fingerprint density at radius 2 is 2.12 bits per heavy atom. The van der Waals surface area contributed by atoms with Gasteiger partial charge >= 0.3 is 12.2 Å². The molecule has 1 N–H and O–H groups in total. The molecule has 1 fully saturated rings. The van der Waals surface area contributed by atoms with E-state index in [1.807, 2.05) is 6.07 Å². The van der Waals surface area contributed by atoms with Crippen molar-refractivity contribution >= 4 is 6.03 Å². The highest BCUT2D eigenvalue weighted by Crippen LogP contribution is 2.41. The van der Waals surface area contributed by atoms with Crippen LogP contribution in [0.5, 0.6) is 0 Å². The van der Waals surface area contributed by atoms with Gasteiger partial charge in [0.25, 0.3) is 0 Å². The van der Waals surface area contributed by atoms with Crippen molar-refractivity contribution in [2.45, 2.75) is 49.9 Å². The fourth-order valence-electron chi connectivity index (χ4n) is 3.55. The lowest BCUT2D eigenvalue weighted by atomic mass is 9.90. The first kappa shape index (κ1) is 17.1. The van der Waals surface area contributed by atoms with E-state index in [1.54, 1.807) is 6.26 Å². The summed E-state index contributed by atoms with van der Waals surface area (Å²) in [5, 5.41) is 2.92. The molecule has 3 rings (SSSR count). The molecule has 0 aromatic carbocycles. The van der Waals surface area contributed by atoms with E-state index in [9.17, 15) is 18.0 Å². The lowest BCUT2D eigenvalue weighted by Crippen LogP contribution is -2.57. The van der Waals surface area contributed by atoms with Gasteiger partial charge in [-0.05, 0) is 18.9 Å². The molecule has 0 radical (unpaired) electrons. The predicted molar refractivity (Wildman–Crippen MR) is 79.5 cm³/mol. The summed E-state index contributed by atoms with van der Waals surface area (Å²) >= 11 is 0. The molecule has 1 aliphatic heterocycles. The number of rotatable bonds is 2. The van der Waals surface area contributed by atoms with E-state index in [0.717, 1.165) is 37.7 Å². The van der Waals surface area contributed by atoms with E-state index in [4.69, 9.17) is 9.15 Å². The Kier molecular flexibility index (Phi) is 4.50. The smallest absolute Gasteiger partial charge is 0.417 e. The molecule has 1 aromatic heterocycles. The molecule has 1 unspecified atom stereocenters.